The molecule has 0 bridgehead atoms. The first kappa shape index (κ1) is 14.5. The Balaban J connectivity index is 2.96. The molecule has 1 aromatic carbocycles. The van der Waals surface area contributed by atoms with Gasteiger partial charge in [-0.2, -0.15) is 0 Å². The molecule has 3 N–H and O–H groups in total. The third kappa shape index (κ3) is 3.96. The molecular weight excluding hydrogens is 296 g/mol. The first-order chi connectivity index (χ1) is 7.95. The van der Waals surface area contributed by atoms with Crippen molar-refractivity contribution >= 4 is 38.8 Å². The van der Waals surface area contributed by atoms with E-state index in [1.54, 1.807) is 0 Å². The summed E-state index contributed by atoms with van der Waals surface area (Å²) >= 11 is 8.53. The quantitative estimate of drug-likeness (QED) is 0.809. The molecule has 0 spiro atoms. The number of benzene rings is 1. The Labute approximate surface area is 117 Å². The summed E-state index contributed by atoms with van der Waals surface area (Å²) in [6, 6.07) is 6.31. The summed E-state index contributed by atoms with van der Waals surface area (Å²) in [6.45, 7) is 6.60. The fourth-order valence-electron chi connectivity index (χ4n) is 1.59. The Kier molecular flexibility index (Phi) is 5.40. The van der Waals surface area contributed by atoms with E-state index < -0.39 is 0 Å². The second-order valence-electron chi connectivity index (χ2n) is 4.37. The van der Waals surface area contributed by atoms with Gasteiger partial charge in [0.15, 0.2) is 0 Å². The van der Waals surface area contributed by atoms with Crippen LogP contribution in [0.3, 0.4) is 0 Å². The molecule has 0 aromatic heterocycles. The normalized spacial score (nSPS) is 14.1. The topological polar surface area (TPSA) is 38.0 Å². The highest BCUT2D eigenvalue weighted by Crippen LogP contribution is 2.24. The van der Waals surface area contributed by atoms with Crippen LogP contribution in [0.25, 0.3) is 0 Å². The fraction of sp³-hybridized carbons (Fsp3) is 0.462. The average Bonchev–Trinajstić information content (AvgIpc) is 2.27. The highest BCUT2D eigenvalue weighted by Gasteiger charge is 2.13. The Hall–Kier alpha value is -0.610. The van der Waals surface area contributed by atoms with Crippen LogP contribution in [0.2, 0.25) is 0 Å². The predicted molar refractivity (Wildman–Crippen MR) is 82.6 cm³/mol. The zero-order valence-corrected chi connectivity index (χ0v) is 12.9. The highest BCUT2D eigenvalue weighted by atomic mass is 79.9. The van der Waals surface area contributed by atoms with Crippen LogP contribution in [-0.2, 0) is 0 Å². The number of thiocarbonyl (C=S) groups is 1. The van der Waals surface area contributed by atoms with Crippen molar-refractivity contribution in [3.8, 4) is 0 Å². The monoisotopic (exact) mass is 314 g/mol. The number of hydrogen-bond acceptors (Lipinski definition) is 2. The largest absolute Gasteiger partial charge is 0.389 e. The van der Waals surface area contributed by atoms with Crippen LogP contribution in [0.1, 0.15) is 32.8 Å². The van der Waals surface area contributed by atoms with Gasteiger partial charge in [-0.3, -0.25) is 0 Å². The molecule has 1 rings (SSSR count). The molecule has 2 nitrogen and oxygen atoms in total. The van der Waals surface area contributed by atoms with Crippen molar-refractivity contribution in [2.75, 3.05) is 5.32 Å². The lowest BCUT2D eigenvalue weighted by atomic mass is 10.00. The smallest absolute Gasteiger partial charge is 0.106 e. The van der Waals surface area contributed by atoms with Crippen LogP contribution in [0, 0.1) is 5.92 Å². The number of hydrogen-bond donors (Lipinski definition) is 2. The molecule has 94 valence electrons. The van der Waals surface area contributed by atoms with Gasteiger partial charge in [-0.1, -0.05) is 48.4 Å². The lowest BCUT2D eigenvalue weighted by Crippen LogP contribution is -2.25. The van der Waals surface area contributed by atoms with E-state index in [0.717, 1.165) is 22.1 Å². The molecule has 0 saturated heterocycles. The molecule has 0 saturated carbocycles. The molecule has 2 atom stereocenters. The molecule has 0 heterocycles. The van der Waals surface area contributed by atoms with Crippen LogP contribution in [-0.4, -0.2) is 11.0 Å². The molecule has 17 heavy (non-hydrogen) atoms. The molecule has 0 aliphatic heterocycles. The maximum atomic E-state index is 5.73. The van der Waals surface area contributed by atoms with Crippen LogP contribution in [0.5, 0.6) is 0 Å². The van der Waals surface area contributed by atoms with E-state index in [1.165, 1.54) is 0 Å². The summed E-state index contributed by atoms with van der Waals surface area (Å²) in [4.78, 5) is 0.427. The van der Waals surface area contributed by atoms with Crippen LogP contribution in [0.15, 0.2) is 22.7 Å². The van der Waals surface area contributed by atoms with Crippen molar-refractivity contribution in [3.63, 3.8) is 0 Å². The Morgan fingerprint density at radius 2 is 2.12 bits per heavy atom. The van der Waals surface area contributed by atoms with Gasteiger partial charge in [-0.05, 0) is 31.0 Å². The van der Waals surface area contributed by atoms with Gasteiger partial charge in [0.25, 0.3) is 0 Å². The van der Waals surface area contributed by atoms with E-state index in [4.69, 9.17) is 18.0 Å². The van der Waals surface area contributed by atoms with Crippen molar-refractivity contribution in [2.24, 2.45) is 11.7 Å². The summed E-state index contributed by atoms with van der Waals surface area (Å²) in [7, 11) is 0. The predicted octanol–water partition coefficient (Wildman–Crippen LogP) is 3.93. The maximum Gasteiger partial charge on any atom is 0.106 e. The van der Waals surface area contributed by atoms with Crippen LogP contribution in [0.4, 0.5) is 5.69 Å². The molecule has 0 aliphatic carbocycles. The van der Waals surface area contributed by atoms with Gasteiger partial charge < -0.3 is 11.1 Å². The number of halogens is 1. The average molecular weight is 315 g/mol. The fourth-order valence-corrected chi connectivity index (χ4v) is 2.13. The van der Waals surface area contributed by atoms with E-state index >= 15 is 0 Å². The van der Waals surface area contributed by atoms with E-state index in [1.807, 2.05) is 18.2 Å². The minimum absolute atomic E-state index is 0.391. The van der Waals surface area contributed by atoms with E-state index in [-0.39, 0.29) is 0 Å². The molecular formula is C13H19BrN2S. The molecule has 1 aromatic rings. The highest BCUT2D eigenvalue weighted by molar-refractivity contribution is 9.10. The van der Waals surface area contributed by atoms with Crippen LogP contribution < -0.4 is 11.1 Å². The van der Waals surface area contributed by atoms with Gasteiger partial charge in [-0.25, -0.2) is 0 Å². The van der Waals surface area contributed by atoms with Gasteiger partial charge in [0.2, 0.25) is 0 Å². The lowest BCUT2D eigenvalue weighted by Gasteiger charge is -2.22. The van der Waals surface area contributed by atoms with Gasteiger partial charge in [0.1, 0.15) is 4.99 Å². The Bertz CT molecular complexity index is 406. The minimum atomic E-state index is 0.391. The number of nitrogens with two attached hydrogens (primary N) is 1. The first-order valence-electron chi connectivity index (χ1n) is 5.81. The molecule has 0 amide bonds. The Morgan fingerprint density at radius 3 is 2.65 bits per heavy atom. The number of rotatable bonds is 5. The third-order valence-electron chi connectivity index (χ3n) is 3.13. The third-order valence-corrected chi connectivity index (χ3v) is 3.84. The van der Waals surface area contributed by atoms with Crippen molar-refractivity contribution in [3.05, 3.63) is 28.2 Å². The maximum absolute atomic E-state index is 5.73. The second kappa shape index (κ2) is 6.36. The zero-order chi connectivity index (χ0) is 13.0. The summed E-state index contributed by atoms with van der Waals surface area (Å²) in [6.07, 6.45) is 1.14. The number of nitrogens with one attached hydrogen (secondary N) is 1. The molecule has 4 heteroatoms. The standard InChI is InChI=1S/C13H19BrN2S/c1-4-8(2)9(3)16-12-7-10(14)5-6-11(12)13(15)17/h5-9,16H,4H2,1-3H3,(H2,15,17). The summed E-state index contributed by atoms with van der Waals surface area (Å²) in [5.74, 6) is 0.605. The summed E-state index contributed by atoms with van der Waals surface area (Å²) in [5, 5.41) is 3.49. The van der Waals surface area contributed by atoms with Crippen molar-refractivity contribution in [1.29, 1.82) is 0 Å². The SMILES string of the molecule is CCC(C)C(C)Nc1cc(Br)ccc1C(N)=S. The summed E-state index contributed by atoms with van der Waals surface area (Å²) < 4.78 is 1.02. The van der Waals surface area contributed by atoms with Gasteiger partial charge in [-0.15, -0.1) is 0 Å². The second-order valence-corrected chi connectivity index (χ2v) is 5.73. The molecule has 0 fully saturated rings. The van der Waals surface area contributed by atoms with Gasteiger partial charge >= 0.3 is 0 Å². The lowest BCUT2D eigenvalue weighted by molar-refractivity contribution is 0.494. The van der Waals surface area contributed by atoms with E-state index in [0.29, 0.717) is 16.9 Å². The molecule has 0 aliphatic rings. The molecule has 2 unspecified atom stereocenters. The van der Waals surface area contributed by atoms with E-state index in [9.17, 15) is 0 Å². The van der Waals surface area contributed by atoms with Crippen molar-refractivity contribution in [1.82, 2.24) is 0 Å². The summed E-state index contributed by atoms with van der Waals surface area (Å²) in [5.41, 5.74) is 7.63. The van der Waals surface area contributed by atoms with Crippen LogP contribution >= 0.6 is 28.1 Å². The first-order valence-corrected chi connectivity index (χ1v) is 7.01. The van der Waals surface area contributed by atoms with Crippen molar-refractivity contribution in [2.45, 2.75) is 33.2 Å². The van der Waals surface area contributed by atoms with Gasteiger partial charge in [0.05, 0.1) is 0 Å². The van der Waals surface area contributed by atoms with Crippen molar-refractivity contribution < 1.29 is 0 Å². The van der Waals surface area contributed by atoms with E-state index in [2.05, 4.69) is 42.0 Å². The Morgan fingerprint density at radius 1 is 1.47 bits per heavy atom. The zero-order valence-electron chi connectivity index (χ0n) is 10.5. The minimum Gasteiger partial charge on any atom is -0.389 e. The number of anilines is 1. The van der Waals surface area contributed by atoms with Gasteiger partial charge in [0, 0.05) is 21.8 Å². The molecule has 0 radical (unpaired) electrons.